The Labute approximate surface area is 141 Å². The van der Waals surface area contributed by atoms with E-state index in [1.54, 1.807) is 24.8 Å². The van der Waals surface area contributed by atoms with Crippen LogP contribution in [0.25, 0.3) is 21.9 Å². The third-order valence-electron chi connectivity index (χ3n) is 2.91. The molecule has 4 aromatic rings. The van der Waals surface area contributed by atoms with E-state index in [-0.39, 0.29) is 0 Å². The Balaban J connectivity index is 0.000000199. The van der Waals surface area contributed by atoms with Crippen molar-refractivity contribution < 1.29 is 9.05 Å². The molecule has 0 aromatic carbocycles. The number of hydrogen-bond donors (Lipinski definition) is 0. The molecule has 4 heterocycles. The summed E-state index contributed by atoms with van der Waals surface area (Å²) in [6, 6.07) is 3.72. The fraction of sp³-hybridized carbons (Fsp3) is 0.333. The highest BCUT2D eigenvalue weighted by atomic mass is 16.5. The van der Waals surface area contributed by atoms with Gasteiger partial charge in [-0.3, -0.25) is 9.97 Å². The smallest absolute Gasteiger partial charge is 0.185 e. The second-order valence-electron chi connectivity index (χ2n) is 4.27. The number of hydrogen-bond acceptors (Lipinski definition) is 6. The van der Waals surface area contributed by atoms with E-state index in [0.717, 1.165) is 33.3 Å². The molecule has 0 unspecified atom stereocenters. The Bertz CT molecular complexity index is 780. The van der Waals surface area contributed by atoms with Gasteiger partial charge in [0.2, 0.25) is 0 Å². The van der Waals surface area contributed by atoms with Gasteiger partial charge >= 0.3 is 0 Å². The van der Waals surface area contributed by atoms with E-state index < -0.39 is 0 Å². The standard InChI is InChI=1S/2C7H6N2O.2C2H6/c1-5-6-4-8-3-2-7(6)9-10-5;1-5-6-2-3-8-4-7(6)10-9-5;2*1-2/h2*2-4H,1H3;2*1-2H3. The van der Waals surface area contributed by atoms with Gasteiger partial charge in [-0.25, -0.2) is 0 Å². The van der Waals surface area contributed by atoms with Gasteiger partial charge in [0.15, 0.2) is 5.58 Å². The van der Waals surface area contributed by atoms with Crippen LogP contribution in [0.5, 0.6) is 0 Å². The summed E-state index contributed by atoms with van der Waals surface area (Å²) < 4.78 is 9.86. The van der Waals surface area contributed by atoms with Gasteiger partial charge in [-0.05, 0) is 26.0 Å². The molecule has 0 spiro atoms. The molecule has 0 aliphatic heterocycles. The summed E-state index contributed by atoms with van der Waals surface area (Å²) in [5.74, 6) is 0.822. The zero-order valence-electron chi connectivity index (χ0n) is 15.1. The van der Waals surface area contributed by atoms with Gasteiger partial charge in [-0.2, -0.15) is 0 Å². The molecule has 4 aromatic heterocycles. The summed E-state index contributed by atoms with van der Waals surface area (Å²) in [5, 5.41) is 9.61. The van der Waals surface area contributed by atoms with Crippen molar-refractivity contribution in [3.8, 4) is 0 Å². The van der Waals surface area contributed by atoms with Crippen molar-refractivity contribution in [2.24, 2.45) is 0 Å². The quantitative estimate of drug-likeness (QED) is 0.446. The molecule has 0 fully saturated rings. The number of nitrogens with zero attached hydrogens (tertiary/aromatic N) is 4. The molecule has 0 aliphatic carbocycles. The second kappa shape index (κ2) is 10.1. The van der Waals surface area contributed by atoms with Crippen LogP contribution in [0, 0.1) is 13.8 Å². The van der Waals surface area contributed by atoms with Crippen LogP contribution in [0.1, 0.15) is 39.1 Å². The molecule has 4 rings (SSSR count). The molecule has 0 saturated carbocycles. The zero-order valence-corrected chi connectivity index (χ0v) is 15.1. The van der Waals surface area contributed by atoms with Crippen LogP contribution in [-0.4, -0.2) is 20.3 Å². The maximum atomic E-state index is 4.94. The molecule has 0 radical (unpaired) electrons. The molecule has 0 N–H and O–H groups in total. The van der Waals surface area contributed by atoms with Crippen molar-refractivity contribution in [3.63, 3.8) is 0 Å². The van der Waals surface area contributed by atoms with Crippen molar-refractivity contribution in [1.29, 1.82) is 0 Å². The highest BCUT2D eigenvalue weighted by Gasteiger charge is 2.01. The highest BCUT2D eigenvalue weighted by Crippen LogP contribution is 2.15. The first-order valence-corrected chi connectivity index (χ1v) is 8.07. The number of rotatable bonds is 0. The van der Waals surface area contributed by atoms with E-state index in [1.165, 1.54) is 0 Å². The fourth-order valence-corrected chi connectivity index (χ4v) is 1.82. The number of aromatic nitrogens is 4. The number of fused-ring (bicyclic) bond motifs is 2. The largest absolute Gasteiger partial charge is 0.360 e. The van der Waals surface area contributed by atoms with E-state index in [9.17, 15) is 0 Å². The van der Waals surface area contributed by atoms with Crippen LogP contribution in [0.2, 0.25) is 0 Å². The maximum absolute atomic E-state index is 4.94. The van der Waals surface area contributed by atoms with Crippen LogP contribution in [0.15, 0.2) is 46.0 Å². The van der Waals surface area contributed by atoms with Gasteiger partial charge in [0.05, 0.1) is 17.3 Å². The third kappa shape index (κ3) is 4.62. The monoisotopic (exact) mass is 328 g/mol. The first kappa shape index (κ1) is 19.3. The molecule has 24 heavy (non-hydrogen) atoms. The minimum Gasteiger partial charge on any atom is -0.360 e. The summed E-state index contributed by atoms with van der Waals surface area (Å²) in [4.78, 5) is 7.84. The zero-order chi connectivity index (χ0) is 17.9. The summed E-state index contributed by atoms with van der Waals surface area (Å²) >= 11 is 0. The van der Waals surface area contributed by atoms with Gasteiger partial charge in [0.25, 0.3) is 0 Å². The van der Waals surface area contributed by atoms with Crippen molar-refractivity contribution in [3.05, 3.63) is 48.4 Å². The third-order valence-corrected chi connectivity index (χ3v) is 2.91. The highest BCUT2D eigenvalue weighted by molar-refractivity contribution is 5.78. The van der Waals surface area contributed by atoms with Gasteiger partial charge in [-0.1, -0.05) is 38.0 Å². The van der Waals surface area contributed by atoms with Crippen LogP contribution < -0.4 is 0 Å². The molecule has 6 heteroatoms. The average Bonchev–Trinajstić information content (AvgIpc) is 3.23. The van der Waals surface area contributed by atoms with Crippen LogP contribution in [0.4, 0.5) is 0 Å². The van der Waals surface area contributed by atoms with Crippen LogP contribution >= 0.6 is 0 Å². The van der Waals surface area contributed by atoms with Crippen molar-refractivity contribution >= 4 is 21.9 Å². The minimum atomic E-state index is 0.750. The van der Waals surface area contributed by atoms with E-state index in [0.29, 0.717) is 0 Å². The molecule has 0 aliphatic rings. The molecular weight excluding hydrogens is 304 g/mol. The molecule has 0 bridgehead atoms. The number of pyridine rings is 2. The lowest BCUT2D eigenvalue weighted by atomic mass is 10.3. The SMILES string of the molecule is CC.CC.Cc1noc2cnccc12.Cc1onc2ccncc12. The van der Waals surface area contributed by atoms with E-state index in [4.69, 9.17) is 9.05 Å². The molecular formula is C18H24N4O2. The predicted molar refractivity (Wildman–Crippen MR) is 95.8 cm³/mol. The summed E-state index contributed by atoms with van der Waals surface area (Å²) in [7, 11) is 0. The summed E-state index contributed by atoms with van der Waals surface area (Å²) in [5.41, 5.74) is 2.53. The lowest BCUT2D eigenvalue weighted by Crippen LogP contribution is -1.70. The second-order valence-corrected chi connectivity index (χ2v) is 4.27. The van der Waals surface area contributed by atoms with Crippen molar-refractivity contribution in [2.75, 3.05) is 0 Å². The molecule has 0 atom stereocenters. The topological polar surface area (TPSA) is 77.8 Å². The molecule has 0 saturated heterocycles. The van der Waals surface area contributed by atoms with E-state index in [1.807, 2.05) is 53.7 Å². The van der Waals surface area contributed by atoms with Gasteiger partial charge in [0, 0.05) is 24.0 Å². The Hall–Kier alpha value is -2.76. The van der Waals surface area contributed by atoms with Crippen molar-refractivity contribution in [2.45, 2.75) is 41.5 Å². The molecule has 0 amide bonds. The average molecular weight is 328 g/mol. The first-order chi connectivity index (χ1) is 11.8. The van der Waals surface area contributed by atoms with Gasteiger partial charge in [0.1, 0.15) is 11.3 Å². The summed E-state index contributed by atoms with van der Waals surface area (Å²) in [6.45, 7) is 11.8. The minimum absolute atomic E-state index is 0.750. The number of aryl methyl sites for hydroxylation is 2. The Morgan fingerprint density at radius 3 is 2.08 bits per heavy atom. The van der Waals surface area contributed by atoms with Gasteiger partial charge in [-0.15, -0.1) is 0 Å². The lowest BCUT2D eigenvalue weighted by molar-refractivity contribution is 0.405. The van der Waals surface area contributed by atoms with Crippen LogP contribution in [-0.2, 0) is 0 Å². The van der Waals surface area contributed by atoms with Crippen LogP contribution in [0.3, 0.4) is 0 Å². The molecule has 128 valence electrons. The Morgan fingerprint density at radius 2 is 1.42 bits per heavy atom. The molecule has 6 nitrogen and oxygen atoms in total. The lowest BCUT2D eigenvalue weighted by Gasteiger charge is -1.81. The normalized spacial score (nSPS) is 9.25. The Morgan fingerprint density at radius 1 is 0.750 bits per heavy atom. The first-order valence-electron chi connectivity index (χ1n) is 8.07. The van der Waals surface area contributed by atoms with E-state index >= 15 is 0 Å². The summed E-state index contributed by atoms with van der Waals surface area (Å²) in [6.07, 6.45) is 6.84. The van der Waals surface area contributed by atoms with Crippen molar-refractivity contribution in [1.82, 2.24) is 20.3 Å². The Kier molecular flexibility index (Phi) is 8.11. The van der Waals surface area contributed by atoms with E-state index in [2.05, 4.69) is 20.3 Å². The predicted octanol–water partition coefficient (Wildman–Crippen LogP) is 5.11. The van der Waals surface area contributed by atoms with Gasteiger partial charge < -0.3 is 9.05 Å². The maximum Gasteiger partial charge on any atom is 0.185 e. The fourth-order valence-electron chi connectivity index (χ4n) is 1.82.